The smallest absolute Gasteiger partial charge is 0.325 e. The lowest BCUT2D eigenvalue weighted by molar-refractivity contribution is -0.118. The fourth-order valence-corrected chi connectivity index (χ4v) is 3.06. The lowest BCUT2D eigenvalue weighted by Gasteiger charge is -2.19. The van der Waals surface area contributed by atoms with Crippen LogP contribution in [0.1, 0.15) is 22.7 Å². The molecule has 9 nitrogen and oxygen atoms in total. The van der Waals surface area contributed by atoms with Crippen LogP contribution in [-0.2, 0) is 24.3 Å². The van der Waals surface area contributed by atoms with Gasteiger partial charge in [-0.05, 0) is 31.0 Å². The fraction of sp³-hybridized carbons (Fsp3) is 0.400. The first-order valence-electron chi connectivity index (χ1n) is 7.71. The second-order valence-electron chi connectivity index (χ2n) is 5.87. The van der Waals surface area contributed by atoms with Crippen LogP contribution in [0.25, 0.3) is 11.4 Å². The second-order valence-corrected chi connectivity index (χ2v) is 5.87. The fourth-order valence-electron chi connectivity index (χ4n) is 3.06. The van der Waals surface area contributed by atoms with E-state index in [2.05, 4.69) is 25.8 Å². The predicted molar refractivity (Wildman–Crippen MR) is 88.9 cm³/mol. The van der Waals surface area contributed by atoms with Crippen molar-refractivity contribution in [1.29, 1.82) is 0 Å². The van der Waals surface area contributed by atoms with Crippen LogP contribution in [0.5, 0.6) is 0 Å². The minimum Gasteiger partial charge on any atom is -0.337 e. The van der Waals surface area contributed by atoms with Crippen LogP contribution in [0.3, 0.4) is 0 Å². The standard InChI is InChI=1S/C15H16N6O3.ClH/c1-8-13(10-2-3-16-4-9(10)5-17-8)14-19-12(24-20-14)7-21-6-11(22)18-15(21)23;/h5,16H,2-4,6-7H2,1H3,(H,18,22,23);1H. The van der Waals surface area contributed by atoms with Gasteiger partial charge in [-0.25, -0.2) is 4.79 Å². The Labute approximate surface area is 149 Å². The van der Waals surface area contributed by atoms with Crippen molar-refractivity contribution in [2.45, 2.75) is 26.4 Å². The molecule has 2 aromatic rings. The summed E-state index contributed by atoms with van der Waals surface area (Å²) in [5.41, 5.74) is 4.06. The third-order valence-electron chi connectivity index (χ3n) is 4.22. The number of carbonyl (C=O) groups excluding carboxylic acids is 2. The summed E-state index contributed by atoms with van der Waals surface area (Å²) in [6, 6.07) is -0.444. The normalized spacial score (nSPS) is 16.4. The molecule has 0 aromatic carbocycles. The number of imide groups is 1. The van der Waals surface area contributed by atoms with Crippen molar-refractivity contribution in [2.75, 3.05) is 13.1 Å². The van der Waals surface area contributed by atoms with Gasteiger partial charge in [-0.1, -0.05) is 5.16 Å². The summed E-state index contributed by atoms with van der Waals surface area (Å²) < 4.78 is 5.27. The minimum atomic E-state index is -0.444. The average Bonchev–Trinajstić information content (AvgIpc) is 3.14. The number of hydrogen-bond donors (Lipinski definition) is 2. The van der Waals surface area contributed by atoms with Gasteiger partial charge in [0.25, 0.3) is 0 Å². The number of nitrogens with zero attached hydrogens (tertiary/aromatic N) is 4. The average molecular weight is 365 g/mol. The van der Waals surface area contributed by atoms with E-state index in [1.54, 1.807) is 0 Å². The lowest BCUT2D eigenvalue weighted by Crippen LogP contribution is -2.27. The van der Waals surface area contributed by atoms with Crippen LogP contribution >= 0.6 is 12.4 Å². The molecule has 2 aliphatic heterocycles. The molecule has 3 amide bonds. The number of nitrogens with one attached hydrogen (secondary N) is 2. The van der Waals surface area contributed by atoms with Gasteiger partial charge < -0.3 is 14.7 Å². The summed E-state index contributed by atoms with van der Waals surface area (Å²) in [6.45, 7) is 3.69. The van der Waals surface area contributed by atoms with Crippen LogP contribution in [0.2, 0.25) is 0 Å². The Balaban J connectivity index is 0.00000182. The summed E-state index contributed by atoms with van der Waals surface area (Å²) in [5, 5.41) is 9.58. The zero-order valence-corrected chi connectivity index (χ0v) is 14.4. The molecule has 10 heteroatoms. The van der Waals surface area contributed by atoms with Gasteiger partial charge in [-0.15, -0.1) is 12.4 Å². The first-order valence-corrected chi connectivity index (χ1v) is 7.71. The van der Waals surface area contributed by atoms with E-state index in [1.165, 1.54) is 10.5 Å². The molecular weight excluding hydrogens is 348 g/mol. The largest absolute Gasteiger partial charge is 0.337 e. The topological polar surface area (TPSA) is 113 Å². The first kappa shape index (κ1) is 17.3. The molecule has 0 aliphatic carbocycles. The van der Waals surface area contributed by atoms with Gasteiger partial charge in [-0.3, -0.25) is 15.1 Å². The van der Waals surface area contributed by atoms with E-state index in [9.17, 15) is 9.59 Å². The molecule has 0 atom stereocenters. The van der Waals surface area contributed by atoms with Crippen LogP contribution in [0, 0.1) is 6.92 Å². The molecule has 4 rings (SSSR count). The Morgan fingerprint density at radius 2 is 2.20 bits per heavy atom. The van der Waals surface area contributed by atoms with Crippen LogP contribution < -0.4 is 10.6 Å². The molecule has 0 radical (unpaired) electrons. The molecule has 2 N–H and O–H groups in total. The Hall–Kier alpha value is -2.52. The van der Waals surface area contributed by atoms with E-state index in [-0.39, 0.29) is 31.4 Å². The molecule has 1 saturated heterocycles. The highest BCUT2D eigenvalue weighted by atomic mass is 35.5. The van der Waals surface area contributed by atoms with Gasteiger partial charge in [0.2, 0.25) is 17.6 Å². The maximum absolute atomic E-state index is 11.6. The van der Waals surface area contributed by atoms with Crippen molar-refractivity contribution in [3.05, 3.63) is 28.9 Å². The van der Waals surface area contributed by atoms with E-state index in [0.29, 0.717) is 11.7 Å². The molecule has 2 aliphatic rings. The number of rotatable bonds is 3. The molecule has 2 aromatic heterocycles. The van der Waals surface area contributed by atoms with Gasteiger partial charge in [-0.2, -0.15) is 4.98 Å². The van der Waals surface area contributed by atoms with E-state index in [0.717, 1.165) is 36.3 Å². The monoisotopic (exact) mass is 364 g/mol. The number of aromatic nitrogens is 3. The highest BCUT2D eigenvalue weighted by Gasteiger charge is 2.29. The molecule has 25 heavy (non-hydrogen) atoms. The zero-order valence-electron chi connectivity index (χ0n) is 13.5. The molecule has 0 unspecified atom stereocenters. The number of aryl methyl sites for hydroxylation is 1. The van der Waals surface area contributed by atoms with Gasteiger partial charge in [0, 0.05) is 24.0 Å². The molecule has 4 heterocycles. The Morgan fingerprint density at radius 3 is 2.96 bits per heavy atom. The number of halogens is 1. The quantitative estimate of drug-likeness (QED) is 0.765. The maximum Gasteiger partial charge on any atom is 0.325 e. The Morgan fingerprint density at radius 1 is 1.36 bits per heavy atom. The van der Waals surface area contributed by atoms with E-state index < -0.39 is 6.03 Å². The van der Waals surface area contributed by atoms with E-state index >= 15 is 0 Å². The highest BCUT2D eigenvalue weighted by molar-refractivity contribution is 6.01. The number of amides is 3. The van der Waals surface area contributed by atoms with Crippen molar-refractivity contribution >= 4 is 24.3 Å². The number of carbonyl (C=O) groups is 2. The first-order chi connectivity index (χ1) is 11.6. The molecule has 0 saturated carbocycles. The van der Waals surface area contributed by atoms with Crippen LogP contribution in [0.15, 0.2) is 10.7 Å². The number of urea groups is 1. The van der Waals surface area contributed by atoms with Gasteiger partial charge in [0.1, 0.15) is 13.1 Å². The number of pyridine rings is 1. The number of hydrogen-bond acceptors (Lipinski definition) is 7. The molecule has 0 spiro atoms. The Bertz CT molecular complexity index is 837. The van der Waals surface area contributed by atoms with Gasteiger partial charge in [0.05, 0.1) is 0 Å². The Kier molecular flexibility index (Phi) is 4.69. The van der Waals surface area contributed by atoms with Crippen molar-refractivity contribution in [2.24, 2.45) is 0 Å². The summed E-state index contributed by atoms with van der Waals surface area (Å²) >= 11 is 0. The van der Waals surface area contributed by atoms with Crippen molar-refractivity contribution in [3.63, 3.8) is 0 Å². The van der Waals surface area contributed by atoms with E-state index in [1.807, 2.05) is 13.1 Å². The highest BCUT2D eigenvalue weighted by Crippen LogP contribution is 2.28. The predicted octanol–water partition coefficient (Wildman–Crippen LogP) is 0.559. The van der Waals surface area contributed by atoms with Crippen molar-refractivity contribution < 1.29 is 14.1 Å². The molecule has 0 bridgehead atoms. The number of fused-ring (bicyclic) bond motifs is 1. The maximum atomic E-state index is 11.6. The minimum absolute atomic E-state index is 0. The van der Waals surface area contributed by atoms with E-state index in [4.69, 9.17) is 4.52 Å². The third-order valence-corrected chi connectivity index (χ3v) is 4.22. The van der Waals surface area contributed by atoms with Crippen LogP contribution in [0.4, 0.5) is 4.79 Å². The van der Waals surface area contributed by atoms with Crippen molar-refractivity contribution in [1.82, 2.24) is 30.7 Å². The SMILES string of the molecule is Cc1ncc2c(c1-c1noc(CN3CC(=O)NC3=O)n1)CCNC2.Cl. The zero-order chi connectivity index (χ0) is 16.7. The van der Waals surface area contributed by atoms with Gasteiger partial charge >= 0.3 is 6.03 Å². The summed E-state index contributed by atoms with van der Waals surface area (Å²) in [4.78, 5) is 33.0. The van der Waals surface area contributed by atoms with Crippen molar-refractivity contribution in [3.8, 4) is 11.4 Å². The molecule has 132 valence electrons. The lowest BCUT2D eigenvalue weighted by atomic mass is 9.95. The molecular formula is C15H17ClN6O3. The summed E-state index contributed by atoms with van der Waals surface area (Å²) in [6.07, 6.45) is 2.75. The van der Waals surface area contributed by atoms with Crippen LogP contribution in [-0.4, -0.2) is 45.1 Å². The van der Waals surface area contributed by atoms with Gasteiger partial charge in [0.15, 0.2) is 0 Å². The third kappa shape index (κ3) is 3.20. The molecule has 1 fully saturated rings. The summed E-state index contributed by atoms with van der Waals surface area (Å²) in [5.74, 6) is 0.435. The summed E-state index contributed by atoms with van der Waals surface area (Å²) in [7, 11) is 0. The second kappa shape index (κ2) is 6.77.